The Morgan fingerprint density at radius 2 is 1.53 bits per heavy atom. The Labute approximate surface area is 229 Å². The van der Waals surface area contributed by atoms with Crippen molar-refractivity contribution < 1.29 is 4.57 Å². The topological polar surface area (TPSA) is 8.29 Å². The molecule has 2 heteroatoms. The van der Waals surface area contributed by atoms with Crippen LogP contribution in [0.3, 0.4) is 0 Å². The number of nitrogens with zero attached hydrogens (tertiary/aromatic N) is 2. The molecule has 0 N–H and O–H groups in total. The van der Waals surface area contributed by atoms with Crippen LogP contribution in [0.2, 0.25) is 0 Å². The largest absolute Gasteiger partial charge is 0.296 e. The number of aromatic nitrogens is 2. The maximum Gasteiger partial charge on any atom is 0.296 e. The molecular formula is C36H45N2+. The zero-order valence-corrected chi connectivity index (χ0v) is 25.2. The molecule has 2 atom stereocenters. The minimum atomic E-state index is 0.154. The second-order valence-electron chi connectivity index (χ2n) is 11.2. The first-order valence-electron chi connectivity index (χ1n) is 14.9. The highest BCUT2D eigenvalue weighted by molar-refractivity contribution is 6.14. The Morgan fingerprint density at radius 3 is 2.16 bits per heavy atom. The van der Waals surface area contributed by atoms with E-state index in [9.17, 15) is 0 Å². The van der Waals surface area contributed by atoms with Crippen LogP contribution in [0.15, 0.2) is 60.8 Å². The minimum Gasteiger partial charge on any atom is -0.223 e. The molecule has 0 saturated heterocycles. The molecule has 7 rings (SSSR count). The molecule has 0 spiro atoms. The fourth-order valence-electron chi connectivity index (χ4n) is 7.84. The van der Waals surface area contributed by atoms with E-state index in [1.54, 1.807) is 5.56 Å². The Hall–Kier alpha value is -3.13. The summed E-state index contributed by atoms with van der Waals surface area (Å²) in [6.45, 7) is 22.0. The maximum absolute atomic E-state index is 2.71. The van der Waals surface area contributed by atoms with Gasteiger partial charge in [0.1, 0.15) is 17.3 Å². The van der Waals surface area contributed by atoms with Gasteiger partial charge in [0.15, 0.2) is 5.69 Å². The number of imidazole rings is 1. The van der Waals surface area contributed by atoms with Gasteiger partial charge in [-0.25, -0.2) is 4.57 Å². The average molecular weight is 506 g/mol. The molecular weight excluding hydrogens is 460 g/mol. The second kappa shape index (κ2) is 9.26. The predicted octanol–water partition coefficient (Wildman–Crippen LogP) is 9.59. The normalized spacial score (nSPS) is 20.8. The number of hydrogen-bond donors (Lipinski definition) is 0. The molecule has 1 fully saturated rings. The molecule has 2 aromatic heterocycles. The van der Waals surface area contributed by atoms with Crippen molar-refractivity contribution in [2.75, 3.05) is 0 Å². The van der Waals surface area contributed by atoms with Crippen molar-refractivity contribution in [3.63, 3.8) is 0 Å². The highest BCUT2D eigenvalue weighted by Crippen LogP contribution is 2.69. The zero-order chi connectivity index (χ0) is 27.6. The highest BCUT2D eigenvalue weighted by Gasteiger charge is 2.75. The summed E-state index contributed by atoms with van der Waals surface area (Å²) < 4.78 is 5.30. The number of benzene rings is 3. The molecule has 0 bridgehead atoms. The van der Waals surface area contributed by atoms with Gasteiger partial charge in [0.2, 0.25) is 0 Å². The third-order valence-corrected chi connectivity index (χ3v) is 9.43. The second-order valence-corrected chi connectivity index (χ2v) is 11.2. The lowest BCUT2D eigenvalue weighted by atomic mass is 9.76. The molecule has 38 heavy (non-hydrogen) atoms. The summed E-state index contributed by atoms with van der Waals surface area (Å²) in [6, 6.07) is 20.8. The lowest BCUT2D eigenvalue weighted by molar-refractivity contribution is -0.720. The third kappa shape index (κ3) is 3.09. The molecule has 5 aromatic rings. The van der Waals surface area contributed by atoms with Gasteiger partial charge in [-0.1, -0.05) is 96.5 Å². The van der Waals surface area contributed by atoms with E-state index in [-0.39, 0.29) is 11.0 Å². The van der Waals surface area contributed by atoms with Crippen molar-refractivity contribution in [2.45, 2.75) is 93.0 Å². The molecule has 198 valence electrons. The number of pyridine rings is 1. The monoisotopic (exact) mass is 505 g/mol. The fourth-order valence-corrected chi connectivity index (χ4v) is 7.84. The van der Waals surface area contributed by atoms with Crippen LogP contribution in [-0.2, 0) is 11.0 Å². The van der Waals surface area contributed by atoms with Gasteiger partial charge in [-0.2, -0.15) is 4.40 Å². The van der Waals surface area contributed by atoms with E-state index in [0.717, 1.165) is 6.42 Å². The molecule has 0 radical (unpaired) electrons. The quantitative estimate of drug-likeness (QED) is 0.170. The first-order valence-corrected chi connectivity index (χ1v) is 14.9. The van der Waals surface area contributed by atoms with Crippen molar-refractivity contribution in [3.8, 4) is 11.3 Å². The standard InChI is InChI=1S/C32H33N2.2C2H6/c1-7-31-18-32(31,19(2)3)25-13-9-12-23-24-16-20(4)14-15-26(24)34-27(17-33(31)30(34)29(23)25)28-21(5)10-8-11-22(28)6;2*1-2/h8-17,19H,7,18H2,1-6H3;2*1-2H3/q+1;;. The molecule has 1 aliphatic heterocycles. The van der Waals surface area contributed by atoms with Crippen LogP contribution >= 0.6 is 0 Å². The lowest BCUT2D eigenvalue weighted by Gasteiger charge is -2.31. The summed E-state index contributed by atoms with van der Waals surface area (Å²) in [7, 11) is 0. The van der Waals surface area contributed by atoms with Gasteiger partial charge in [-0.05, 0) is 61.9 Å². The van der Waals surface area contributed by atoms with Crippen LogP contribution < -0.4 is 4.57 Å². The van der Waals surface area contributed by atoms with Gasteiger partial charge < -0.3 is 0 Å². The molecule has 0 amide bonds. The number of hydrogen-bond acceptors (Lipinski definition) is 0. The van der Waals surface area contributed by atoms with E-state index in [1.165, 1.54) is 61.7 Å². The molecule has 1 aliphatic carbocycles. The Bertz CT molecular complexity index is 1670. The van der Waals surface area contributed by atoms with Crippen molar-refractivity contribution in [1.29, 1.82) is 0 Å². The number of rotatable bonds is 3. The van der Waals surface area contributed by atoms with Gasteiger partial charge in [0.05, 0.1) is 5.39 Å². The fraction of sp³-hybridized carbons (Fsp3) is 0.417. The van der Waals surface area contributed by atoms with Crippen LogP contribution in [0.1, 0.15) is 83.6 Å². The van der Waals surface area contributed by atoms with Crippen LogP contribution in [0.5, 0.6) is 0 Å². The summed E-state index contributed by atoms with van der Waals surface area (Å²) in [5.41, 5.74) is 11.3. The molecule has 3 aromatic carbocycles. The summed E-state index contributed by atoms with van der Waals surface area (Å²) >= 11 is 0. The molecule has 1 saturated carbocycles. The van der Waals surface area contributed by atoms with E-state index in [1.807, 2.05) is 27.7 Å². The predicted molar refractivity (Wildman–Crippen MR) is 164 cm³/mol. The highest BCUT2D eigenvalue weighted by atomic mass is 15.2. The number of fused-ring (bicyclic) bond motifs is 6. The third-order valence-electron chi connectivity index (χ3n) is 9.43. The van der Waals surface area contributed by atoms with E-state index in [0.29, 0.717) is 5.92 Å². The Morgan fingerprint density at radius 1 is 0.868 bits per heavy atom. The van der Waals surface area contributed by atoms with E-state index in [4.69, 9.17) is 0 Å². The Kier molecular flexibility index (Phi) is 6.45. The van der Waals surface area contributed by atoms with Crippen LogP contribution in [0.25, 0.3) is 38.6 Å². The SMILES string of the molecule is CC.CC.CCC12CC1(C(C)C)c1cccc3c4cc(C)ccc4n4c(-c5c(C)cccc5C)c[n+]2c4c13. The van der Waals surface area contributed by atoms with Gasteiger partial charge in [0.25, 0.3) is 5.65 Å². The number of aryl methyl sites for hydroxylation is 3. The van der Waals surface area contributed by atoms with Crippen LogP contribution in [0.4, 0.5) is 0 Å². The van der Waals surface area contributed by atoms with Crippen molar-refractivity contribution >= 4 is 27.3 Å². The van der Waals surface area contributed by atoms with Gasteiger partial charge in [-0.15, -0.1) is 0 Å². The maximum atomic E-state index is 2.71. The zero-order valence-electron chi connectivity index (χ0n) is 25.2. The summed E-state index contributed by atoms with van der Waals surface area (Å²) in [6.07, 6.45) is 4.89. The van der Waals surface area contributed by atoms with Crippen molar-refractivity contribution in [2.24, 2.45) is 5.92 Å². The molecule has 3 heterocycles. The first kappa shape index (κ1) is 26.5. The molecule has 2 nitrogen and oxygen atoms in total. The first-order chi connectivity index (χ1) is 18.4. The average Bonchev–Trinajstić information content (AvgIpc) is 3.51. The van der Waals surface area contributed by atoms with Crippen molar-refractivity contribution in [3.05, 3.63) is 83.0 Å². The summed E-state index contributed by atoms with van der Waals surface area (Å²) in [4.78, 5) is 0. The van der Waals surface area contributed by atoms with Gasteiger partial charge in [0, 0.05) is 28.2 Å². The smallest absolute Gasteiger partial charge is 0.223 e. The summed E-state index contributed by atoms with van der Waals surface area (Å²) in [5, 5.41) is 4.23. The van der Waals surface area contributed by atoms with E-state index in [2.05, 4.69) is 111 Å². The molecule has 2 unspecified atom stereocenters. The molecule has 2 aliphatic rings. The van der Waals surface area contributed by atoms with E-state index < -0.39 is 0 Å². The minimum absolute atomic E-state index is 0.154. The van der Waals surface area contributed by atoms with Crippen molar-refractivity contribution in [1.82, 2.24) is 4.40 Å². The van der Waals surface area contributed by atoms with Gasteiger partial charge in [-0.3, -0.25) is 0 Å². The van der Waals surface area contributed by atoms with E-state index >= 15 is 0 Å². The Balaban J connectivity index is 0.000000704. The van der Waals surface area contributed by atoms with Gasteiger partial charge >= 0.3 is 0 Å². The lowest BCUT2D eigenvalue weighted by Crippen LogP contribution is -2.53. The van der Waals surface area contributed by atoms with Crippen LogP contribution in [-0.4, -0.2) is 4.40 Å². The summed E-state index contributed by atoms with van der Waals surface area (Å²) in [5.74, 6) is 0.588. The van der Waals surface area contributed by atoms with Crippen LogP contribution in [0, 0.1) is 26.7 Å².